The summed E-state index contributed by atoms with van der Waals surface area (Å²) in [4.78, 5) is 14.0. The molecule has 4 nitrogen and oxygen atoms in total. The fourth-order valence-corrected chi connectivity index (χ4v) is 2.42. The summed E-state index contributed by atoms with van der Waals surface area (Å²) in [5, 5.41) is 6.11. The van der Waals surface area contributed by atoms with Crippen LogP contribution in [0.5, 0.6) is 0 Å². The predicted molar refractivity (Wildman–Crippen MR) is 81.0 cm³/mol. The minimum absolute atomic E-state index is 0.139. The van der Waals surface area contributed by atoms with E-state index in [1.54, 1.807) is 24.9 Å². The molecule has 0 saturated heterocycles. The van der Waals surface area contributed by atoms with Gasteiger partial charge in [-0.15, -0.1) is 0 Å². The van der Waals surface area contributed by atoms with Crippen molar-refractivity contribution in [1.29, 1.82) is 0 Å². The Morgan fingerprint density at radius 3 is 2.71 bits per heavy atom. The molecule has 0 fully saturated rings. The van der Waals surface area contributed by atoms with E-state index >= 15 is 0 Å². The van der Waals surface area contributed by atoms with Gasteiger partial charge in [-0.3, -0.25) is 4.79 Å². The first-order chi connectivity index (χ1) is 10.1. The number of fused-ring (bicyclic) bond motifs is 1. The Kier molecular flexibility index (Phi) is 3.44. The number of carbonyl (C=O) groups excluding carboxylic acids is 1. The number of benzene rings is 2. The fourth-order valence-electron chi connectivity index (χ4n) is 2.42. The molecule has 0 unspecified atom stereocenters. The van der Waals surface area contributed by atoms with Gasteiger partial charge >= 0.3 is 0 Å². The lowest BCUT2D eigenvalue weighted by molar-refractivity contribution is 0.0775. The molecule has 0 spiro atoms. The van der Waals surface area contributed by atoms with Crippen LogP contribution in [-0.4, -0.2) is 23.0 Å². The average Bonchev–Trinajstić information content (AvgIpc) is 2.93. The van der Waals surface area contributed by atoms with Crippen molar-refractivity contribution in [3.05, 3.63) is 65.5 Å². The maximum atomic E-state index is 12.3. The number of amides is 1. The van der Waals surface area contributed by atoms with Crippen LogP contribution >= 0.6 is 0 Å². The van der Waals surface area contributed by atoms with Gasteiger partial charge in [0.1, 0.15) is 5.76 Å². The predicted octanol–water partition coefficient (Wildman–Crippen LogP) is 3.41. The van der Waals surface area contributed by atoms with E-state index in [2.05, 4.69) is 23.4 Å². The lowest BCUT2D eigenvalue weighted by Gasteiger charge is -2.17. The second-order valence-electron chi connectivity index (χ2n) is 5.12. The van der Waals surface area contributed by atoms with Crippen molar-refractivity contribution in [3.63, 3.8) is 0 Å². The third kappa shape index (κ3) is 2.65. The number of aromatic nitrogens is 1. The van der Waals surface area contributed by atoms with Crippen molar-refractivity contribution in [1.82, 2.24) is 10.1 Å². The highest BCUT2D eigenvalue weighted by Crippen LogP contribution is 2.20. The Morgan fingerprint density at radius 2 is 1.95 bits per heavy atom. The molecule has 0 atom stereocenters. The minimum atomic E-state index is -0.139. The number of carbonyl (C=O) groups is 1. The number of hydrogen-bond acceptors (Lipinski definition) is 3. The van der Waals surface area contributed by atoms with E-state index in [1.807, 2.05) is 24.3 Å². The van der Waals surface area contributed by atoms with Crippen LogP contribution in [0, 0.1) is 6.92 Å². The van der Waals surface area contributed by atoms with Crippen LogP contribution in [0.1, 0.15) is 21.8 Å². The Bertz CT molecular complexity index is 787. The molecule has 1 aromatic heterocycles. The Hall–Kier alpha value is -2.62. The largest absolute Gasteiger partial charge is 0.361 e. The molecule has 0 aliphatic carbocycles. The minimum Gasteiger partial charge on any atom is -0.361 e. The summed E-state index contributed by atoms with van der Waals surface area (Å²) in [6, 6.07) is 15.9. The molecule has 21 heavy (non-hydrogen) atoms. The van der Waals surface area contributed by atoms with Gasteiger partial charge in [-0.25, -0.2) is 0 Å². The first kappa shape index (κ1) is 13.4. The molecule has 0 aliphatic rings. The zero-order valence-corrected chi connectivity index (χ0v) is 12.0. The molecule has 0 N–H and O–H groups in total. The molecule has 0 aliphatic heterocycles. The van der Waals surface area contributed by atoms with Gasteiger partial charge in [0.15, 0.2) is 5.69 Å². The third-order valence-electron chi connectivity index (χ3n) is 3.48. The van der Waals surface area contributed by atoms with Crippen molar-refractivity contribution >= 4 is 16.7 Å². The summed E-state index contributed by atoms with van der Waals surface area (Å²) in [6.07, 6.45) is 0. The zero-order chi connectivity index (χ0) is 14.8. The smallest absolute Gasteiger partial charge is 0.276 e. The van der Waals surface area contributed by atoms with Crippen LogP contribution in [0.15, 0.2) is 53.1 Å². The number of aryl methyl sites for hydroxylation is 1. The van der Waals surface area contributed by atoms with E-state index < -0.39 is 0 Å². The molecule has 4 heteroatoms. The van der Waals surface area contributed by atoms with Crippen molar-refractivity contribution in [2.75, 3.05) is 7.05 Å². The van der Waals surface area contributed by atoms with Crippen LogP contribution in [0.25, 0.3) is 10.8 Å². The van der Waals surface area contributed by atoms with Crippen LogP contribution < -0.4 is 0 Å². The van der Waals surface area contributed by atoms with E-state index in [0.717, 1.165) is 10.9 Å². The molecule has 1 amide bonds. The van der Waals surface area contributed by atoms with Gasteiger partial charge in [-0.1, -0.05) is 47.6 Å². The molecule has 0 radical (unpaired) electrons. The Balaban J connectivity index is 1.86. The van der Waals surface area contributed by atoms with E-state index in [9.17, 15) is 4.79 Å². The molecule has 2 aromatic carbocycles. The van der Waals surface area contributed by atoms with Gasteiger partial charge in [0, 0.05) is 19.7 Å². The zero-order valence-electron chi connectivity index (χ0n) is 12.0. The SMILES string of the molecule is Cc1cc(C(=O)N(C)Cc2cccc3ccccc23)no1. The van der Waals surface area contributed by atoms with Crippen LogP contribution in [0.2, 0.25) is 0 Å². The normalized spacial score (nSPS) is 10.8. The summed E-state index contributed by atoms with van der Waals surface area (Å²) in [5.74, 6) is 0.497. The topological polar surface area (TPSA) is 46.3 Å². The van der Waals surface area contributed by atoms with Crippen molar-refractivity contribution in [2.45, 2.75) is 13.5 Å². The Morgan fingerprint density at radius 1 is 1.19 bits per heavy atom. The maximum absolute atomic E-state index is 12.3. The van der Waals surface area contributed by atoms with Gasteiger partial charge in [0.25, 0.3) is 5.91 Å². The van der Waals surface area contributed by atoms with E-state index in [-0.39, 0.29) is 5.91 Å². The molecule has 3 aromatic rings. The second kappa shape index (κ2) is 5.40. The van der Waals surface area contributed by atoms with Crippen LogP contribution in [-0.2, 0) is 6.54 Å². The van der Waals surface area contributed by atoms with E-state index in [1.165, 1.54) is 5.39 Å². The number of hydrogen-bond donors (Lipinski definition) is 0. The van der Waals surface area contributed by atoms with Crippen LogP contribution in [0.3, 0.4) is 0 Å². The molecule has 0 bridgehead atoms. The van der Waals surface area contributed by atoms with Crippen LogP contribution in [0.4, 0.5) is 0 Å². The molecule has 1 heterocycles. The lowest BCUT2D eigenvalue weighted by Crippen LogP contribution is -2.26. The highest BCUT2D eigenvalue weighted by atomic mass is 16.5. The summed E-state index contributed by atoms with van der Waals surface area (Å²) in [5.41, 5.74) is 1.46. The summed E-state index contributed by atoms with van der Waals surface area (Å²) in [7, 11) is 1.77. The quantitative estimate of drug-likeness (QED) is 0.738. The van der Waals surface area contributed by atoms with Gasteiger partial charge in [-0.05, 0) is 23.3 Å². The fraction of sp³-hybridized carbons (Fsp3) is 0.176. The van der Waals surface area contributed by atoms with Crippen molar-refractivity contribution in [3.8, 4) is 0 Å². The molecular weight excluding hydrogens is 264 g/mol. The van der Waals surface area contributed by atoms with E-state index in [4.69, 9.17) is 4.52 Å². The molecule has 3 rings (SSSR count). The van der Waals surface area contributed by atoms with Crippen molar-refractivity contribution in [2.24, 2.45) is 0 Å². The van der Waals surface area contributed by atoms with Gasteiger partial charge < -0.3 is 9.42 Å². The molecule has 0 saturated carbocycles. The standard InChI is InChI=1S/C17H16N2O2/c1-12-10-16(18-21-12)17(20)19(2)11-14-8-5-7-13-6-3-4-9-15(13)14/h3-10H,11H2,1-2H3. The van der Waals surface area contributed by atoms with Crippen molar-refractivity contribution < 1.29 is 9.32 Å². The Labute approximate surface area is 123 Å². The molecular formula is C17H16N2O2. The summed E-state index contributed by atoms with van der Waals surface area (Å²) >= 11 is 0. The highest BCUT2D eigenvalue weighted by molar-refractivity contribution is 5.92. The first-order valence-corrected chi connectivity index (χ1v) is 6.80. The maximum Gasteiger partial charge on any atom is 0.276 e. The average molecular weight is 280 g/mol. The van der Waals surface area contributed by atoms with E-state index in [0.29, 0.717) is 18.0 Å². The monoisotopic (exact) mass is 280 g/mol. The highest BCUT2D eigenvalue weighted by Gasteiger charge is 2.16. The molecule has 106 valence electrons. The number of rotatable bonds is 3. The summed E-state index contributed by atoms with van der Waals surface area (Å²) in [6.45, 7) is 2.31. The summed E-state index contributed by atoms with van der Waals surface area (Å²) < 4.78 is 4.96. The lowest BCUT2D eigenvalue weighted by atomic mass is 10.0. The second-order valence-corrected chi connectivity index (χ2v) is 5.12. The third-order valence-corrected chi connectivity index (χ3v) is 3.48. The number of nitrogens with zero attached hydrogens (tertiary/aromatic N) is 2. The van der Waals surface area contributed by atoms with Gasteiger partial charge in [-0.2, -0.15) is 0 Å². The van der Waals surface area contributed by atoms with Gasteiger partial charge in [0.05, 0.1) is 0 Å². The van der Waals surface area contributed by atoms with Gasteiger partial charge in [0.2, 0.25) is 0 Å². The first-order valence-electron chi connectivity index (χ1n) is 6.80.